The average Bonchev–Trinajstić information content (AvgIpc) is 2.45. The van der Waals surface area contributed by atoms with Crippen LogP contribution in [0.5, 0.6) is 0 Å². The minimum Gasteiger partial charge on any atom is -0.370 e. The van der Waals surface area contributed by atoms with Gasteiger partial charge in [-0.1, -0.05) is 0 Å². The van der Waals surface area contributed by atoms with E-state index >= 15 is 0 Å². The molecule has 0 saturated heterocycles. The first-order valence-electron chi connectivity index (χ1n) is 7.22. The van der Waals surface area contributed by atoms with Crippen LogP contribution in [-0.4, -0.2) is 17.7 Å². The molecule has 0 aliphatic heterocycles. The van der Waals surface area contributed by atoms with Crippen molar-refractivity contribution in [3.8, 4) is 5.69 Å². The summed E-state index contributed by atoms with van der Waals surface area (Å²) in [4.78, 5) is 14.1. The Hall–Kier alpha value is -2.10. The van der Waals surface area contributed by atoms with Crippen molar-refractivity contribution in [2.45, 2.75) is 27.7 Å². The molecule has 0 atom stereocenters. The molecule has 0 saturated carbocycles. The molecule has 0 bridgehead atoms. The molecular weight excluding hydrogens is 267 g/mol. The normalized spacial score (nSPS) is 10.7. The molecule has 0 spiro atoms. The third-order valence-electron chi connectivity index (χ3n) is 3.65. The maximum atomic E-state index is 14.3. The highest BCUT2D eigenvalue weighted by molar-refractivity contribution is 5.52. The van der Waals surface area contributed by atoms with Gasteiger partial charge in [0.15, 0.2) is 0 Å². The van der Waals surface area contributed by atoms with Gasteiger partial charge in [-0.2, -0.15) is 0 Å². The summed E-state index contributed by atoms with van der Waals surface area (Å²) in [6, 6.07) is 6.78. The monoisotopic (exact) mass is 288 g/mol. The summed E-state index contributed by atoms with van der Waals surface area (Å²) in [5.41, 5.74) is 2.64. The van der Waals surface area contributed by atoms with E-state index in [0.717, 1.165) is 18.7 Å². The van der Waals surface area contributed by atoms with E-state index in [0.29, 0.717) is 16.9 Å². The highest BCUT2D eigenvalue weighted by Gasteiger charge is 2.11. The zero-order valence-corrected chi connectivity index (χ0v) is 13.0. The zero-order valence-electron chi connectivity index (χ0n) is 13.0. The number of anilines is 1. The lowest BCUT2D eigenvalue weighted by molar-refractivity contribution is 0.618. The van der Waals surface area contributed by atoms with E-state index in [-0.39, 0.29) is 11.4 Å². The van der Waals surface area contributed by atoms with Crippen LogP contribution < -0.4 is 10.5 Å². The van der Waals surface area contributed by atoms with E-state index in [1.807, 2.05) is 31.7 Å². The van der Waals surface area contributed by atoms with Gasteiger partial charge in [-0.05, 0) is 51.5 Å². The number of nitrogens with zero attached hydrogens (tertiary/aromatic N) is 2. The van der Waals surface area contributed by atoms with Crippen LogP contribution in [0.3, 0.4) is 0 Å². The van der Waals surface area contributed by atoms with Gasteiger partial charge >= 0.3 is 0 Å². The number of aromatic nitrogens is 1. The number of hydrogen-bond donors (Lipinski definition) is 0. The molecule has 0 amide bonds. The van der Waals surface area contributed by atoms with Gasteiger partial charge in [0.05, 0.1) is 11.4 Å². The van der Waals surface area contributed by atoms with E-state index in [2.05, 4.69) is 0 Å². The molecule has 2 rings (SSSR count). The van der Waals surface area contributed by atoms with Crippen molar-refractivity contribution in [2.75, 3.05) is 18.0 Å². The summed E-state index contributed by atoms with van der Waals surface area (Å²) in [7, 11) is 0. The lowest BCUT2D eigenvalue weighted by atomic mass is 10.2. The molecule has 0 fully saturated rings. The fourth-order valence-corrected chi connectivity index (χ4v) is 2.55. The second-order valence-electron chi connectivity index (χ2n) is 5.18. The fourth-order valence-electron chi connectivity index (χ4n) is 2.55. The number of hydrogen-bond acceptors (Lipinski definition) is 2. The smallest absolute Gasteiger partial charge is 0.257 e. The minimum absolute atomic E-state index is 0.115. The summed E-state index contributed by atoms with van der Waals surface area (Å²) in [5, 5.41) is 0. The number of halogens is 1. The first kappa shape index (κ1) is 15.3. The molecule has 1 aromatic heterocycles. The SMILES string of the molecule is CCN(CC)c1ccc(-n2cc(C)cc(C)c2=O)cc1F. The summed E-state index contributed by atoms with van der Waals surface area (Å²) in [6.45, 7) is 9.17. The topological polar surface area (TPSA) is 25.2 Å². The molecule has 0 N–H and O–H groups in total. The van der Waals surface area contributed by atoms with Gasteiger partial charge in [0.1, 0.15) is 5.82 Å². The van der Waals surface area contributed by atoms with Crippen molar-refractivity contribution in [1.29, 1.82) is 0 Å². The molecule has 2 aromatic rings. The van der Waals surface area contributed by atoms with Crippen LogP contribution in [0.25, 0.3) is 5.69 Å². The number of benzene rings is 1. The second kappa shape index (κ2) is 6.12. The molecule has 21 heavy (non-hydrogen) atoms. The van der Waals surface area contributed by atoms with Crippen LogP contribution in [0.15, 0.2) is 35.3 Å². The number of pyridine rings is 1. The Morgan fingerprint density at radius 2 is 1.81 bits per heavy atom. The van der Waals surface area contributed by atoms with Gasteiger partial charge in [0.2, 0.25) is 0 Å². The van der Waals surface area contributed by atoms with Gasteiger partial charge in [-0.25, -0.2) is 4.39 Å². The van der Waals surface area contributed by atoms with Crippen molar-refractivity contribution in [3.63, 3.8) is 0 Å². The quantitative estimate of drug-likeness (QED) is 0.861. The average molecular weight is 288 g/mol. The van der Waals surface area contributed by atoms with Crippen LogP contribution in [0.1, 0.15) is 25.0 Å². The van der Waals surface area contributed by atoms with Crippen LogP contribution in [0, 0.1) is 19.7 Å². The molecule has 0 unspecified atom stereocenters. The number of aryl methyl sites for hydroxylation is 2. The van der Waals surface area contributed by atoms with Gasteiger partial charge in [0, 0.05) is 30.9 Å². The molecule has 4 heteroatoms. The van der Waals surface area contributed by atoms with Crippen LogP contribution in [0.4, 0.5) is 10.1 Å². The maximum Gasteiger partial charge on any atom is 0.257 e. The molecule has 1 heterocycles. The van der Waals surface area contributed by atoms with Gasteiger partial charge in [-0.15, -0.1) is 0 Å². The number of rotatable bonds is 4. The van der Waals surface area contributed by atoms with Crippen LogP contribution >= 0.6 is 0 Å². The van der Waals surface area contributed by atoms with Gasteiger partial charge in [0.25, 0.3) is 5.56 Å². The summed E-state index contributed by atoms with van der Waals surface area (Å²) < 4.78 is 15.8. The Labute approximate surface area is 124 Å². The standard InChI is InChI=1S/C17H21FN2O/c1-5-19(6-2)16-8-7-14(10-15(16)18)20-11-12(3)9-13(4)17(20)21/h7-11H,5-6H2,1-4H3. The maximum absolute atomic E-state index is 14.3. The highest BCUT2D eigenvalue weighted by atomic mass is 19.1. The first-order chi connectivity index (χ1) is 9.97. The molecular formula is C17H21FN2O. The van der Waals surface area contributed by atoms with Crippen LogP contribution in [0.2, 0.25) is 0 Å². The molecule has 3 nitrogen and oxygen atoms in total. The Balaban J connectivity index is 2.53. The predicted molar refractivity (Wildman–Crippen MR) is 85.0 cm³/mol. The van der Waals surface area contributed by atoms with Crippen molar-refractivity contribution in [1.82, 2.24) is 4.57 Å². The Bertz CT molecular complexity index is 702. The van der Waals surface area contributed by atoms with E-state index < -0.39 is 0 Å². The van der Waals surface area contributed by atoms with Crippen LogP contribution in [-0.2, 0) is 0 Å². The van der Waals surface area contributed by atoms with Gasteiger partial charge < -0.3 is 4.90 Å². The summed E-state index contributed by atoms with van der Waals surface area (Å²) in [6.07, 6.45) is 1.74. The third-order valence-corrected chi connectivity index (χ3v) is 3.65. The lowest BCUT2D eigenvalue weighted by Crippen LogP contribution is -2.24. The van der Waals surface area contributed by atoms with Crippen molar-refractivity contribution < 1.29 is 4.39 Å². The van der Waals surface area contributed by atoms with E-state index in [9.17, 15) is 9.18 Å². The Kier molecular flexibility index (Phi) is 4.46. The predicted octanol–water partition coefficient (Wildman–Crippen LogP) is 3.44. The third kappa shape index (κ3) is 2.99. The summed E-state index contributed by atoms with van der Waals surface area (Å²) >= 11 is 0. The lowest BCUT2D eigenvalue weighted by Gasteiger charge is -2.22. The summed E-state index contributed by atoms with van der Waals surface area (Å²) in [5.74, 6) is -0.303. The Morgan fingerprint density at radius 1 is 1.14 bits per heavy atom. The molecule has 0 radical (unpaired) electrons. The van der Waals surface area contributed by atoms with E-state index in [1.54, 1.807) is 25.3 Å². The Morgan fingerprint density at radius 3 is 2.38 bits per heavy atom. The first-order valence-corrected chi connectivity index (χ1v) is 7.22. The minimum atomic E-state index is -0.303. The molecule has 112 valence electrons. The van der Waals surface area contributed by atoms with E-state index in [1.165, 1.54) is 10.6 Å². The van der Waals surface area contributed by atoms with Gasteiger partial charge in [-0.3, -0.25) is 9.36 Å². The molecule has 0 aliphatic rings. The largest absolute Gasteiger partial charge is 0.370 e. The molecule has 0 aliphatic carbocycles. The fraction of sp³-hybridized carbons (Fsp3) is 0.353. The van der Waals surface area contributed by atoms with E-state index in [4.69, 9.17) is 0 Å². The second-order valence-corrected chi connectivity index (χ2v) is 5.18. The highest BCUT2D eigenvalue weighted by Crippen LogP contribution is 2.22. The zero-order chi connectivity index (χ0) is 15.6. The molecule has 1 aromatic carbocycles. The van der Waals surface area contributed by atoms with Crippen molar-refractivity contribution in [2.24, 2.45) is 0 Å². The van der Waals surface area contributed by atoms with Crippen molar-refractivity contribution in [3.05, 3.63) is 57.8 Å². The van der Waals surface area contributed by atoms with Crippen molar-refractivity contribution >= 4 is 5.69 Å².